The molecule has 3 amide bonds. The lowest BCUT2D eigenvalue weighted by Crippen LogP contribution is -2.39. The van der Waals surface area contributed by atoms with Crippen LogP contribution in [0.1, 0.15) is 55.0 Å². The molecule has 0 unspecified atom stereocenters. The van der Waals surface area contributed by atoms with E-state index in [0.717, 1.165) is 65.4 Å². The molecule has 2 saturated heterocycles. The Hall–Kier alpha value is -3.37. The van der Waals surface area contributed by atoms with E-state index in [0.29, 0.717) is 23.8 Å². The number of amides is 3. The zero-order valence-electron chi connectivity index (χ0n) is 24.2. The van der Waals surface area contributed by atoms with Gasteiger partial charge in [0.1, 0.15) is 11.8 Å². The topological polar surface area (TPSA) is 82.9 Å². The Morgan fingerprint density at radius 3 is 2.21 bits per heavy atom. The number of benzene rings is 2. The molecule has 2 aromatic carbocycles. The SMILES string of the molecule is CCN(CC)c1ccc([C@@H]2c3sc(=O)n(CC(=O)N4CCCCC4)c3S[C@H]3C(=O)N(c4ccc(C)cc4)C(=O)[C@@H]23)cc1. The summed E-state index contributed by atoms with van der Waals surface area (Å²) in [5.41, 5.74) is 3.58. The van der Waals surface area contributed by atoms with Crippen molar-refractivity contribution in [1.82, 2.24) is 9.47 Å². The summed E-state index contributed by atoms with van der Waals surface area (Å²) in [6, 6.07) is 15.6. The number of carbonyl (C=O) groups is 3. The van der Waals surface area contributed by atoms with Crippen LogP contribution in [0, 0.1) is 12.8 Å². The minimum atomic E-state index is -0.691. The van der Waals surface area contributed by atoms with Crippen molar-refractivity contribution in [2.24, 2.45) is 5.92 Å². The van der Waals surface area contributed by atoms with Crippen molar-refractivity contribution in [2.75, 3.05) is 36.0 Å². The number of nitrogens with zero attached hydrogens (tertiary/aromatic N) is 4. The highest BCUT2D eigenvalue weighted by Gasteiger charge is 2.56. The van der Waals surface area contributed by atoms with E-state index in [9.17, 15) is 19.2 Å². The molecule has 220 valence electrons. The molecule has 3 aliphatic heterocycles. The van der Waals surface area contributed by atoms with Crippen LogP contribution in [-0.4, -0.2) is 58.6 Å². The van der Waals surface area contributed by atoms with Gasteiger partial charge in [-0.1, -0.05) is 52.9 Å². The average Bonchev–Trinajstić information content (AvgIpc) is 3.45. The van der Waals surface area contributed by atoms with Gasteiger partial charge in [0.15, 0.2) is 0 Å². The first-order chi connectivity index (χ1) is 20.3. The van der Waals surface area contributed by atoms with E-state index < -0.39 is 17.1 Å². The van der Waals surface area contributed by atoms with E-state index in [1.165, 1.54) is 16.7 Å². The van der Waals surface area contributed by atoms with Gasteiger partial charge in [-0.15, -0.1) is 0 Å². The van der Waals surface area contributed by atoms with Crippen molar-refractivity contribution < 1.29 is 14.4 Å². The maximum Gasteiger partial charge on any atom is 0.308 e. The number of likely N-dealkylation sites (tertiary alicyclic amines) is 1. The lowest BCUT2D eigenvalue weighted by molar-refractivity contribution is -0.133. The van der Waals surface area contributed by atoms with Crippen LogP contribution in [0.25, 0.3) is 0 Å². The van der Waals surface area contributed by atoms with Gasteiger partial charge in [0.2, 0.25) is 17.7 Å². The van der Waals surface area contributed by atoms with Crippen molar-refractivity contribution >= 4 is 52.2 Å². The van der Waals surface area contributed by atoms with Gasteiger partial charge >= 0.3 is 4.87 Å². The molecule has 42 heavy (non-hydrogen) atoms. The number of aryl methyl sites for hydroxylation is 1. The lowest BCUT2D eigenvalue weighted by Gasteiger charge is -2.31. The Labute approximate surface area is 254 Å². The van der Waals surface area contributed by atoms with Crippen LogP contribution in [0.3, 0.4) is 0 Å². The van der Waals surface area contributed by atoms with Gasteiger partial charge in [-0.05, 0) is 69.9 Å². The van der Waals surface area contributed by atoms with Crippen molar-refractivity contribution in [3.63, 3.8) is 0 Å². The van der Waals surface area contributed by atoms with E-state index in [4.69, 9.17) is 0 Å². The molecular formula is C32H36N4O4S2. The Bertz CT molecular complexity index is 1550. The van der Waals surface area contributed by atoms with E-state index in [1.807, 2.05) is 48.2 Å². The number of anilines is 2. The summed E-state index contributed by atoms with van der Waals surface area (Å²) in [5, 5.41) is -0.0505. The second kappa shape index (κ2) is 11.7. The summed E-state index contributed by atoms with van der Waals surface area (Å²) in [5.74, 6) is -1.72. The first-order valence-electron chi connectivity index (χ1n) is 14.8. The molecule has 3 aliphatic rings. The van der Waals surface area contributed by atoms with Crippen molar-refractivity contribution in [3.8, 4) is 0 Å². The van der Waals surface area contributed by atoms with Gasteiger partial charge in [-0.3, -0.25) is 23.7 Å². The summed E-state index contributed by atoms with van der Waals surface area (Å²) in [7, 11) is 0. The van der Waals surface area contributed by atoms with Gasteiger partial charge < -0.3 is 9.80 Å². The molecule has 8 nitrogen and oxygen atoms in total. The summed E-state index contributed by atoms with van der Waals surface area (Å²) in [6.07, 6.45) is 3.05. The molecule has 2 fully saturated rings. The van der Waals surface area contributed by atoms with E-state index >= 15 is 0 Å². The van der Waals surface area contributed by atoms with Crippen LogP contribution >= 0.6 is 23.1 Å². The molecule has 0 bridgehead atoms. The molecule has 6 rings (SSSR count). The Balaban J connectivity index is 1.43. The molecule has 10 heteroatoms. The third kappa shape index (κ3) is 4.98. The number of carbonyl (C=O) groups excluding carboxylic acids is 3. The monoisotopic (exact) mass is 604 g/mol. The molecule has 0 aliphatic carbocycles. The fourth-order valence-corrected chi connectivity index (χ4v) is 9.20. The first kappa shape index (κ1) is 28.7. The predicted molar refractivity (Wildman–Crippen MR) is 168 cm³/mol. The van der Waals surface area contributed by atoms with Crippen molar-refractivity contribution in [2.45, 2.75) is 62.8 Å². The molecular weight excluding hydrogens is 569 g/mol. The number of thioether (sulfide) groups is 1. The maximum atomic E-state index is 14.1. The Morgan fingerprint density at radius 1 is 0.905 bits per heavy atom. The van der Waals surface area contributed by atoms with Crippen LogP contribution in [0.2, 0.25) is 0 Å². The average molecular weight is 605 g/mol. The molecule has 0 saturated carbocycles. The lowest BCUT2D eigenvalue weighted by atomic mass is 9.83. The Kier molecular flexibility index (Phi) is 8.02. The number of piperidine rings is 1. The first-order valence-corrected chi connectivity index (χ1v) is 16.5. The number of thiazole rings is 1. The van der Waals surface area contributed by atoms with Crippen molar-refractivity contribution in [1.29, 1.82) is 0 Å². The summed E-state index contributed by atoms with van der Waals surface area (Å²) in [4.78, 5) is 60.7. The van der Waals surface area contributed by atoms with Crippen LogP contribution in [0.4, 0.5) is 11.4 Å². The molecule has 4 heterocycles. The van der Waals surface area contributed by atoms with Crippen LogP contribution < -0.4 is 14.7 Å². The molecule has 1 aromatic heterocycles. The highest BCUT2D eigenvalue weighted by Crippen LogP contribution is 2.54. The molecule has 0 radical (unpaired) electrons. The van der Waals surface area contributed by atoms with Gasteiger partial charge in [0.05, 0.1) is 16.6 Å². The smallest absolute Gasteiger partial charge is 0.308 e. The summed E-state index contributed by atoms with van der Waals surface area (Å²) < 4.78 is 1.54. The zero-order chi connectivity index (χ0) is 29.5. The third-order valence-corrected chi connectivity index (χ3v) is 11.3. The fourth-order valence-electron chi connectivity index (χ4n) is 6.42. The van der Waals surface area contributed by atoms with Gasteiger partial charge in [0, 0.05) is 42.7 Å². The largest absolute Gasteiger partial charge is 0.372 e. The fraction of sp³-hybridized carbons (Fsp3) is 0.438. The number of imide groups is 1. The third-order valence-electron chi connectivity index (χ3n) is 8.72. The molecule has 3 aromatic rings. The van der Waals surface area contributed by atoms with E-state index in [1.54, 1.807) is 4.57 Å². The predicted octanol–water partition coefficient (Wildman–Crippen LogP) is 4.87. The number of fused-ring (bicyclic) bond motifs is 2. The normalized spacial score (nSPS) is 21.8. The van der Waals surface area contributed by atoms with Crippen LogP contribution in [0.15, 0.2) is 58.4 Å². The van der Waals surface area contributed by atoms with Gasteiger partial charge in [-0.2, -0.15) is 0 Å². The molecule has 0 spiro atoms. The van der Waals surface area contributed by atoms with Gasteiger partial charge in [0.25, 0.3) is 0 Å². The van der Waals surface area contributed by atoms with Crippen LogP contribution in [-0.2, 0) is 20.9 Å². The van der Waals surface area contributed by atoms with E-state index in [-0.39, 0.29) is 29.1 Å². The quantitative estimate of drug-likeness (QED) is 0.358. The highest BCUT2D eigenvalue weighted by molar-refractivity contribution is 8.00. The minimum Gasteiger partial charge on any atom is -0.372 e. The summed E-state index contributed by atoms with van der Waals surface area (Å²) >= 11 is 2.38. The van der Waals surface area contributed by atoms with Crippen LogP contribution in [0.5, 0.6) is 0 Å². The van der Waals surface area contributed by atoms with Gasteiger partial charge in [-0.25, -0.2) is 4.90 Å². The number of rotatable bonds is 7. The standard InChI is InChI=1S/C32H36N4O4S2/c1-4-33(5-2)22-15-11-21(12-16-22)25-26-27(30(39)36(29(26)38)23-13-9-20(3)10-14-23)41-31-28(25)42-32(40)35(31)19-24(37)34-17-7-6-8-18-34/h9-16,25-27H,4-8,17-19H2,1-3H3/t25-,26-,27+/m0/s1. The molecule has 0 N–H and O–H groups in total. The maximum absolute atomic E-state index is 14.1. The second-order valence-electron chi connectivity index (χ2n) is 11.2. The summed E-state index contributed by atoms with van der Waals surface area (Å²) in [6.45, 7) is 9.30. The molecule has 3 atom stereocenters. The van der Waals surface area contributed by atoms with Crippen molar-refractivity contribution in [3.05, 3.63) is 74.2 Å². The number of hydrogen-bond acceptors (Lipinski definition) is 7. The van der Waals surface area contributed by atoms with E-state index in [2.05, 4.69) is 30.9 Å². The number of hydrogen-bond donors (Lipinski definition) is 0. The Morgan fingerprint density at radius 2 is 1.57 bits per heavy atom. The highest BCUT2D eigenvalue weighted by atomic mass is 32.2. The minimum absolute atomic E-state index is 0.0491. The number of aromatic nitrogens is 1. The second-order valence-corrected chi connectivity index (χ2v) is 13.3. The zero-order valence-corrected chi connectivity index (χ0v) is 25.9.